The predicted molar refractivity (Wildman–Crippen MR) is 173 cm³/mol. The Labute approximate surface area is 279 Å². The number of hydrogen-bond acceptors (Lipinski definition) is 5. The molecule has 1 fully saturated rings. The molecule has 250 valence electrons. The molecule has 0 unspecified atom stereocenters. The molecule has 7 nitrogen and oxygen atoms in total. The molecule has 1 saturated heterocycles. The number of piperidine rings is 1. The zero-order chi connectivity index (χ0) is 34.2. The Morgan fingerprint density at radius 3 is 2.25 bits per heavy atom. The number of amides is 1. The van der Waals surface area contributed by atoms with E-state index in [2.05, 4.69) is 0 Å². The first-order valence-electron chi connectivity index (χ1n) is 15.3. The number of halogens is 5. The minimum absolute atomic E-state index is 0.0441. The van der Waals surface area contributed by atoms with Crippen molar-refractivity contribution in [2.75, 3.05) is 36.6 Å². The maximum atomic E-state index is 15.3. The largest absolute Gasteiger partial charge is 0.497 e. The highest BCUT2D eigenvalue weighted by Gasteiger charge is 2.43. The molecule has 0 saturated carbocycles. The number of anilines is 2. The van der Waals surface area contributed by atoms with Crippen molar-refractivity contribution < 1.29 is 41.7 Å². The molecule has 1 amide bonds. The van der Waals surface area contributed by atoms with Gasteiger partial charge in [-0.25, -0.2) is 17.6 Å². The average molecular weight is 683 g/mol. The smallest absolute Gasteiger partial charge is 0.313 e. The van der Waals surface area contributed by atoms with Gasteiger partial charge in [-0.2, -0.15) is 0 Å². The number of hydrogen-bond donors (Lipinski definition) is 1. The van der Waals surface area contributed by atoms with Crippen LogP contribution in [-0.4, -0.2) is 43.8 Å². The van der Waals surface area contributed by atoms with Gasteiger partial charge in [-0.05, 0) is 73.4 Å². The van der Waals surface area contributed by atoms with E-state index in [1.54, 1.807) is 36.3 Å². The van der Waals surface area contributed by atoms with Crippen molar-refractivity contribution in [1.29, 1.82) is 0 Å². The summed E-state index contributed by atoms with van der Waals surface area (Å²) in [6, 6.07) is 15.3. The van der Waals surface area contributed by atoms with E-state index < -0.39 is 34.7 Å². The molecular weight excluding hydrogens is 652 g/mol. The van der Waals surface area contributed by atoms with Gasteiger partial charge in [-0.1, -0.05) is 23.7 Å². The Bertz CT molecular complexity index is 1880. The van der Waals surface area contributed by atoms with Crippen LogP contribution in [0.3, 0.4) is 0 Å². The monoisotopic (exact) mass is 682 g/mol. The molecule has 2 heterocycles. The first kappa shape index (κ1) is 33.1. The number of carbonyl (C=O) groups excluding carboxylic acids is 1. The van der Waals surface area contributed by atoms with Crippen LogP contribution in [0, 0.1) is 28.7 Å². The molecular formula is C36H31ClF4N2O5. The van der Waals surface area contributed by atoms with E-state index in [1.807, 2.05) is 0 Å². The third-order valence-corrected chi connectivity index (χ3v) is 9.36. The number of methoxy groups -OCH3 is 1. The molecule has 0 aliphatic carbocycles. The van der Waals surface area contributed by atoms with Gasteiger partial charge in [0.15, 0.2) is 0 Å². The zero-order valence-corrected chi connectivity index (χ0v) is 26.6. The second-order valence-electron chi connectivity index (χ2n) is 12.0. The highest BCUT2D eigenvalue weighted by Crippen LogP contribution is 2.41. The quantitative estimate of drug-likeness (QED) is 0.182. The summed E-state index contributed by atoms with van der Waals surface area (Å²) in [6.07, 6.45) is 0.424. The molecule has 6 rings (SSSR count). The number of fused-ring (bicyclic) bond motifs is 1. The summed E-state index contributed by atoms with van der Waals surface area (Å²) in [5, 5.41) is 10.4. The van der Waals surface area contributed by atoms with Gasteiger partial charge < -0.3 is 24.4 Å². The molecule has 2 aliphatic rings. The third-order valence-electron chi connectivity index (χ3n) is 9.13. The average Bonchev–Trinajstić information content (AvgIpc) is 3.07. The minimum Gasteiger partial charge on any atom is -0.497 e. The molecule has 0 atom stereocenters. The number of carboxylic acids is 1. The normalized spacial score (nSPS) is 15.7. The van der Waals surface area contributed by atoms with Gasteiger partial charge in [0.1, 0.15) is 46.8 Å². The van der Waals surface area contributed by atoms with Gasteiger partial charge in [-0.3, -0.25) is 9.59 Å². The molecule has 48 heavy (non-hydrogen) atoms. The van der Waals surface area contributed by atoms with Gasteiger partial charge >= 0.3 is 5.97 Å². The van der Waals surface area contributed by atoms with Gasteiger partial charge in [0.25, 0.3) is 0 Å². The van der Waals surface area contributed by atoms with Crippen LogP contribution in [0.1, 0.15) is 30.4 Å². The van der Waals surface area contributed by atoms with Crippen molar-refractivity contribution in [3.8, 4) is 22.6 Å². The topological polar surface area (TPSA) is 79.3 Å². The first-order valence-corrected chi connectivity index (χ1v) is 15.7. The van der Waals surface area contributed by atoms with Crippen molar-refractivity contribution in [2.45, 2.75) is 32.2 Å². The molecule has 0 radical (unpaired) electrons. The maximum absolute atomic E-state index is 15.3. The lowest BCUT2D eigenvalue weighted by Crippen LogP contribution is -2.48. The summed E-state index contributed by atoms with van der Waals surface area (Å²) in [6.45, 7) is 0.0167. The van der Waals surface area contributed by atoms with E-state index in [-0.39, 0.29) is 91.1 Å². The van der Waals surface area contributed by atoms with Crippen LogP contribution in [0.5, 0.6) is 11.5 Å². The SMILES string of the molecule is COc1ccc(CN2C(=O)CCc3c(OCC4(C(=O)O)CCN(c5cc(F)c(-c6ccc(Cl)cc6F)cc5F)CC4)ccc(F)c32)cc1. The number of carbonyl (C=O) groups is 2. The molecule has 0 aromatic heterocycles. The van der Waals surface area contributed by atoms with Crippen molar-refractivity contribution >= 4 is 34.9 Å². The van der Waals surface area contributed by atoms with E-state index in [4.69, 9.17) is 21.1 Å². The molecule has 12 heteroatoms. The van der Waals surface area contributed by atoms with Crippen molar-refractivity contribution in [1.82, 2.24) is 0 Å². The van der Waals surface area contributed by atoms with Crippen LogP contribution in [0.4, 0.5) is 28.9 Å². The van der Waals surface area contributed by atoms with E-state index in [9.17, 15) is 19.1 Å². The van der Waals surface area contributed by atoms with Crippen molar-refractivity contribution in [2.24, 2.45) is 5.41 Å². The molecule has 0 spiro atoms. The highest BCUT2D eigenvalue weighted by atomic mass is 35.5. The fraction of sp³-hybridized carbons (Fsp3) is 0.278. The Morgan fingerprint density at radius 2 is 1.58 bits per heavy atom. The standard InChI is InChI=1S/C36H31ClF4N2O5/c1-47-23-5-2-21(3-6-23)19-43-33(44)11-8-25-32(10-9-27(38)34(25)43)48-20-36(35(45)46)12-14-42(15-13-36)31-18-29(40)26(17-30(31)41)24-7-4-22(37)16-28(24)39/h2-7,9-10,16-18H,8,11-15,19-20H2,1H3,(H,45,46). The van der Waals surface area contributed by atoms with Crippen LogP contribution < -0.4 is 19.3 Å². The molecule has 0 bridgehead atoms. The third kappa shape index (κ3) is 6.38. The van der Waals surface area contributed by atoms with Crippen molar-refractivity contribution in [3.63, 3.8) is 0 Å². The van der Waals surface area contributed by atoms with Crippen LogP contribution in [0.2, 0.25) is 5.02 Å². The summed E-state index contributed by atoms with van der Waals surface area (Å²) >= 11 is 5.79. The Hall–Kier alpha value is -4.77. The van der Waals surface area contributed by atoms with Crippen LogP contribution >= 0.6 is 11.6 Å². The first-order chi connectivity index (χ1) is 23.0. The Morgan fingerprint density at radius 1 is 0.875 bits per heavy atom. The fourth-order valence-corrected chi connectivity index (χ4v) is 6.49. The van der Waals surface area contributed by atoms with E-state index in [1.165, 1.54) is 29.2 Å². The van der Waals surface area contributed by atoms with Crippen LogP contribution in [0.15, 0.2) is 66.7 Å². The minimum atomic E-state index is -1.37. The summed E-state index contributed by atoms with van der Waals surface area (Å²) in [5.74, 6) is -3.47. The number of benzene rings is 4. The summed E-state index contributed by atoms with van der Waals surface area (Å²) in [5.41, 5.74) is -0.509. The van der Waals surface area contributed by atoms with E-state index >= 15 is 13.2 Å². The lowest BCUT2D eigenvalue weighted by Gasteiger charge is -2.40. The van der Waals surface area contributed by atoms with Crippen LogP contribution in [0.25, 0.3) is 11.1 Å². The lowest BCUT2D eigenvalue weighted by atomic mass is 9.79. The summed E-state index contributed by atoms with van der Waals surface area (Å²) < 4.78 is 71.4. The highest BCUT2D eigenvalue weighted by molar-refractivity contribution is 6.30. The molecule has 1 N–H and O–H groups in total. The van der Waals surface area contributed by atoms with Gasteiger partial charge in [-0.15, -0.1) is 0 Å². The lowest BCUT2D eigenvalue weighted by molar-refractivity contribution is -0.152. The van der Waals surface area contributed by atoms with E-state index in [0.29, 0.717) is 11.3 Å². The fourth-order valence-electron chi connectivity index (χ4n) is 6.33. The number of nitrogens with zero attached hydrogens (tertiary/aromatic N) is 2. The predicted octanol–water partition coefficient (Wildman–Crippen LogP) is 7.80. The molecule has 2 aliphatic heterocycles. The van der Waals surface area contributed by atoms with Gasteiger partial charge in [0, 0.05) is 47.3 Å². The summed E-state index contributed by atoms with van der Waals surface area (Å²) in [7, 11) is 1.54. The number of rotatable bonds is 9. The number of ether oxygens (including phenoxy) is 2. The summed E-state index contributed by atoms with van der Waals surface area (Å²) in [4.78, 5) is 28.5. The number of aliphatic carboxylic acids is 1. The van der Waals surface area contributed by atoms with Crippen molar-refractivity contribution in [3.05, 3.63) is 106 Å². The van der Waals surface area contributed by atoms with Gasteiger partial charge in [0.05, 0.1) is 25.0 Å². The molecule has 4 aromatic carbocycles. The van der Waals surface area contributed by atoms with E-state index in [0.717, 1.165) is 23.8 Å². The Balaban J connectivity index is 1.19. The van der Waals surface area contributed by atoms with Gasteiger partial charge in [0.2, 0.25) is 5.91 Å². The second kappa shape index (κ2) is 13.4. The maximum Gasteiger partial charge on any atom is 0.313 e. The van der Waals surface area contributed by atoms with Crippen LogP contribution in [-0.2, 0) is 22.6 Å². The number of carboxylic acid groups (broad SMARTS) is 1. The zero-order valence-electron chi connectivity index (χ0n) is 25.9. The molecule has 4 aromatic rings. The Kier molecular flexibility index (Phi) is 9.24. The second-order valence-corrected chi connectivity index (χ2v) is 12.4.